The van der Waals surface area contributed by atoms with E-state index >= 15 is 0 Å². The minimum Gasteiger partial charge on any atom is -0.367 e. The molecule has 2 aromatic carbocycles. The lowest BCUT2D eigenvalue weighted by atomic mass is 9.81. The third kappa shape index (κ3) is 4.74. The number of benzene rings is 2. The van der Waals surface area contributed by atoms with Crippen molar-refractivity contribution in [1.82, 2.24) is 19.4 Å². The number of fused-ring (bicyclic) bond motifs is 2. The first-order chi connectivity index (χ1) is 18.9. The number of nitriles is 1. The van der Waals surface area contributed by atoms with E-state index in [0.29, 0.717) is 17.5 Å². The average molecular weight is 521 g/mol. The van der Waals surface area contributed by atoms with Crippen molar-refractivity contribution < 1.29 is 4.79 Å². The molecule has 1 saturated heterocycles. The van der Waals surface area contributed by atoms with E-state index in [4.69, 9.17) is 0 Å². The van der Waals surface area contributed by atoms with Crippen LogP contribution in [0.15, 0.2) is 54.9 Å². The molecule has 0 radical (unpaired) electrons. The molecule has 1 saturated carbocycles. The van der Waals surface area contributed by atoms with Crippen LogP contribution in [-0.4, -0.2) is 71.6 Å². The molecule has 7 nitrogen and oxygen atoms in total. The van der Waals surface area contributed by atoms with Gasteiger partial charge >= 0.3 is 0 Å². The van der Waals surface area contributed by atoms with E-state index in [0.717, 1.165) is 48.3 Å². The third-order valence-electron chi connectivity index (χ3n) is 8.80. The molecule has 1 amide bonds. The Bertz CT molecular complexity index is 1570. The summed E-state index contributed by atoms with van der Waals surface area (Å²) in [6.07, 6.45) is 8.90. The number of hydrogen-bond acceptors (Lipinski definition) is 5. The van der Waals surface area contributed by atoms with Crippen molar-refractivity contribution in [3.8, 4) is 6.07 Å². The first-order valence-corrected chi connectivity index (χ1v) is 14.0. The Kier molecular flexibility index (Phi) is 6.74. The van der Waals surface area contributed by atoms with Gasteiger partial charge < -0.3 is 14.4 Å². The highest BCUT2D eigenvalue weighted by atomic mass is 16.2. The van der Waals surface area contributed by atoms with Crippen molar-refractivity contribution in [2.75, 3.05) is 45.2 Å². The Hall–Kier alpha value is -3.89. The fourth-order valence-corrected chi connectivity index (χ4v) is 6.69. The maximum absolute atomic E-state index is 12.8. The van der Waals surface area contributed by atoms with Crippen LogP contribution in [0.2, 0.25) is 0 Å². The molecule has 4 aromatic rings. The molecule has 39 heavy (non-hydrogen) atoms. The summed E-state index contributed by atoms with van der Waals surface area (Å²) in [7, 11) is 5.70. The second kappa shape index (κ2) is 10.3. The molecule has 0 bridgehead atoms. The maximum atomic E-state index is 12.8. The van der Waals surface area contributed by atoms with Crippen LogP contribution in [0.5, 0.6) is 0 Å². The summed E-state index contributed by atoms with van der Waals surface area (Å²) in [5.41, 5.74) is 6.10. The molecular weight excluding hydrogens is 484 g/mol. The van der Waals surface area contributed by atoms with Gasteiger partial charge in [0.25, 0.3) is 5.91 Å². The van der Waals surface area contributed by atoms with Gasteiger partial charge in [-0.05, 0) is 73.6 Å². The highest BCUT2D eigenvalue weighted by Crippen LogP contribution is 2.39. The molecule has 1 aliphatic carbocycles. The molecule has 1 aliphatic heterocycles. The average Bonchev–Trinajstić information content (AvgIpc) is 3.31. The number of piperazine rings is 1. The second-order valence-electron chi connectivity index (χ2n) is 11.3. The van der Waals surface area contributed by atoms with Gasteiger partial charge in [0.1, 0.15) is 0 Å². The van der Waals surface area contributed by atoms with Crippen LogP contribution in [0.3, 0.4) is 0 Å². The maximum Gasteiger partial charge on any atom is 0.253 e. The van der Waals surface area contributed by atoms with Gasteiger partial charge in [0.05, 0.1) is 22.8 Å². The van der Waals surface area contributed by atoms with E-state index in [9.17, 15) is 10.1 Å². The number of amides is 1. The predicted octanol–water partition coefficient (Wildman–Crippen LogP) is 5.15. The monoisotopic (exact) mass is 520 g/mol. The van der Waals surface area contributed by atoms with Crippen molar-refractivity contribution in [2.24, 2.45) is 7.05 Å². The number of aromatic nitrogens is 2. The Morgan fingerprint density at radius 1 is 1.03 bits per heavy atom. The molecule has 7 heteroatoms. The minimum absolute atomic E-state index is 0.0208. The van der Waals surface area contributed by atoms with Crippen LogP contribution in [0, 0.1) is 11.3 Å². The molecule has 2 fully saturated rings. The second-order valence-corrected chi connectivity index (χ2v) is 11.3. The Labute approximate surface area is 230 Å². The summed E-state index contributed by atoms with van der Waals surface area (Å²) in [5, 5.41) is 11.7. The summed E-state index contributed by atoms with van der Waals surface area (Å²) < 4.78 is 2.21. The Balaban J connectivity index is 1.13. The first kappa shape index (κ1) is 25.4. The number of nitrogens with zero attached hydrogens (tertiary/aromatic N) is 6. The normalized spacial score (nSPS) is 20.3. The quantitative estimate of drug-likeness (QED) is 0.372. The smallest absolute Gasteiger partial charge is 0.253 e. The summed E-state index contributed by atoms with van der Waals surface area (Å²) in [5.74, 6) is 0.571. The lowest BCUT2D eigenvalue weighted by molar-refractivity contribution is 0.0827. The number of pyridine rings is 1. The minimum atomic E-state index is 0.0208. The van der Waals surface area contributed by atoms with Gasteiger partial charge in [-0.2, -0.15) is 5.26 Å². The fourth-order valence-electron chi connectivity index (χ4n) is 6.69. The first-order valence-electron chi connectivity index (χ1n) is 14.0. The molecule has 2 aliphatic rings. The molecule has 0 unspecified atom stereocenters. The number of aryl methyl sites for hydroxylation is 1. The molecule has 2 aromatic heterocycles. The van der Waals surface area contributed by atoms with E-state index in [1.54, 1.807) is 19.0 Å². The van der Waals surface area contributed by atoms with E-state index in [1.807, 2.05) is 36.5 Å². The molecule has 3 heterocycles. The van der Waals surface area contributed by atoms with Crippen molar-refractivity contribution in [1.29, 1.82) is 5.26 Å². The molecule has 200 valence electrons. The van der Waals surface area contributed by atoms with E-state index in [1.165, 1.54) is 42.1 Å². The Morgan fingerprint density at radius 3 is 2.51 bits per heavy atom. The Morgan fingerprint density at radius 2 is 1.79 bits per heavy atom. The van der Waals surface area contributed by atoms with Gasteiger partial charge in [0.15, 0.2) is 0 Å². The summed E-state index contributed by atoms with van der Waals surface area (Å²) >= 11 is 0. The topological polar surface area (TPSA) is 68.4 Å². The number of anilines is 1. The fraction of sp³-hybridized carbons (Fsp3) is 0.406. The van der Waals surface area contributed by atoms with E-state index in [2.05, 4.69) is 50.8 Å². The number of carbonyl (C=O) groups excluding carboxylic acids is 1. The van der Waals surface area contributed by atoms with Crippen LogP contribution in [0.25, 0.3) is 21.8 Å². The van der Waals surface area contributed by atoms with Crippen LogP contribution in [-0.2, 0) is 7.05 Å². The molecule has 0 spiro atoms. The van der Waals surface area contributed by atoms with Crippen LogP contribution < -0.4 is 4.90 Å². The van der Waals surface area contributed by atoms with Crippen LogP contribution >= 0.6 is 0 Å². The van der Waals surface area contributed by atoms with Gasteiger partial charge in [-0.15, -0.1) is 0 Å². The van der Waals surface area contributed by atoms with Gasteiger partial charge in [-0.3, -0.25) is 14.7 Å². The summed E-state index contributed by atoms with van der Waals surface area (Å²) in [6, 6.07) is 16.9. The highest BCUT2D eigenvalue weighted by molar-refractivity contribution is 6.02. The molecular formula is C32H36N6O. The third-order valence-corrected chi connectivity index (χ3v) is 8.80. The van der Waals surface area contributed by atoms with Crippen molar-refractivity contribution in [3.63, 3.8) is 0 Å². The van der Waals surface area contributed by atoms with Gasteiger partial charge in [-0.1, -0.05) is 6.07 Å². The molecule has 6 rings (SSSR count). The lowest BCUT2D eigenvalue weighted by Crippen LogP contribution is -2.51. The van der Waals surface area contributed by atoms with Gasteiger partial charge in [-0.25, -0.2) is 0 Å². The van der Waals surface area contributed by atoms with Crippen molar-refractivity contribution in [3.05, 3.63) is 71.5 Å². The molecule has 0 atom stereocenters. The molecule has 0 N–H and O–H groups in total. The standard InChI is InChI=1S/C32H36N6O/c1-35(2)32(39)25-18-24-5-4-12-34-31(24)30(19-25)38-15-13-37(14-16-38)26-9-7-23(8-10-26)28-21-36(3)29-11-6-22(20-33)17-27(28)29/h4-6,11-12,17-19,21,23,26H,7-10,13-16H2,1-3H3/t23-,26-. The van der Waals surface area contributed by atoms with Crippen molar-refractivity contribution >= 4 is 33.4 Å². The number of hydrogen-bond donors (Lipinski definition) is 0. The lowest BCUT2D eigenvalue weighted by Gasteiger charge is -2.43. The zero-order valence-electron chi connectivity index (χ0n) is 23.1. The zero-order valence-corrected chi connectivity index (χ0v) is 23.1. The van der Waals surface area contributed by atoms with Crippen LogP contribution in [0.1, 0.15) is 53.1 Å². The van der Waals surface area contributed by atoms with E-state index < -0.39 is 0 Å². The number of carbonyl (C=O) groups is 1. The zero-order chi connectivity index (χ0) is 27.1. The van der Waals surface area contributed by atoms with Crippen molar-refractivity contribution in [2.45, 2.75) is 37.6 Å². The van der Waals surface area contributed by atoms with Gasteiger partial charge in [0.2, 0.25) is 0 Å². The summed E-state index contributed by atoms with van der Waals surface area (Å²) in [4.78, 5) is 24.2. The van der Waals surface area contributed by atoms with Crippen LogP contribution in [0.4, 0.5) is 5.69 Å². The number of rotatable bonds is 4. The van der Waals surface area contributed by atoms with Gasteiger partial charge in [0, 0.05) is 87.6 Å². The summed E-state index contributed by atoms with van der Waals surface area (Å²) in [6.45, 7) is 3.92. The SMILES string of the molecule is CN(C)C(=O)c1cc(N2CCN([C@H]3CC[C@H](c4cn(C)c5ccc(C#N)cc54)CC3)CC2)c2ncccc2c1. The highest BCUT2D eigenvalue weighted by Gasteiger charge is 2.31. The predicted molar refractivity (Wildman–Crippen MR) is 156 cm³/mol. The van der Waals surface area contributed by atoms with E-state index in [-0.39, 0.29) is 5.91 Å². The largest absolute Gasteiger partial charge is 0.367 e.